The number of ether oxygens (including phenoxy) is 1. The van der Waals surface area contributed by atoms with Gasteiger partial charge in [0.15, 0.2) is 6.10 Å². The molecule has 0 unspecified atom stereocenters. The molecule has 1 aromatic heterocycles. The normalized spacial score (nSPS) is 11.8. The third kappa shape index (κ3) is 3.88. The molecule has 0 spiro atoms. The molecule has 1 amide bonds. The van der Waals surface area contributed by atoms with Gasteiger partial charge in [0.2, 0.25) is 0 Å². The van der Waals surface area contributed by atoms with Crippen molar-refractivity contribution in [3.05, 3.63) is 59.9 Å². The molecule has 0 fully saturated rings. The lowest BCUT2D eigenvalue weighted by Crippen LogP contribution is -2.30. The molecule has 2 aromatic carbocycles. The van der Waals surface area contributed by atoms with E-state index >= 15 is 0 Å². The monoisotopic (exact) mass is 343 g/mol. The van der Waals surface area contributed by atoms with Crippen molar-refractivity contribution in [1.82, 2.24) is 20.2 Å². The Bertz CT molecular complexity index is 838. The Balaban J connectivity index is 1.67. The lowest BCUT2D eigenvalue weighted by molar-refractivity contribution is -0.122. The Hall–Kier alpha value is -2.93. The summed E-state index contributed by atoms with van der Waals surface area (Å²) >= 11 is 5.90. The molecule has 0 bridgehead atoms. The summed E-state index contributed by atoms with van der Waals surface area (Å²) in [7, 11) is 0. The molecule has 1 N–H and O–H groups in total. The molecule has 0 aliphatic rings. The van der Waals surface area contributed by atoms with Gasteiger partial charge in [-0.2, -0.15) is 0 Å². The number of hydrogen-bond acceptors (Lipinski definition) is 5. The maximum absolute atomic E-state index is 12.2. The van der Waals surface area contributed by atoms with Gasteiger partial charge in [0.05, 0.1) is 5.69 Å². The number of halogens is 1. The van der Waals surface area contributed by atoms with E-state index in [2.05, 4.69) is 20.8 Å². The molecule has 8 heteroatoms. The summed E-state index contributed by atoms with van der Waals surface area (Å²) in [6, 6.07) is 14.1. The number of aromatic nitrogens is 4. The van der Waals surface area contributed by atoms with Gasteiger partial charge in [-0.25, -0.2) is 4.68 Å². The smallest absolute Gasteiger partial charge is 0.265 e. The number of carbonyl (C=O) groups is 1. The number of carbonyl (C=O) groups excluding carboxylic acids is 1. The van der Waals surface area contributed by atoms with Crippen molar-refractivity contribution in [2.24, 2.45) is 0 Å². The minimum absolute atomic E-state index is 0.273. The molecule has 3 aromatic rings. The van der Waals surface area contributed by atoms with Gasteiger partial charge in [-0.05, 0) is 47.7 Å². The van der Waals surface area contributed by atoms with Gasteiger partial charge in [-0.1, -0.05) is 23.7 Å². The molecule has 0 aliphatic carbocycles. The maximum Gasteiger partial charge on any atom is 0.265 e. The predicted octanol–water partition coefficient (Wildman–Crippen LogP) is 2.72. The van der Waals surface area contributed by atoms with E-state index < -0.39 is 6.10 Å². The van der Waals surface area contributed by atoms with Crippen LogP contribution in [0, 0.1) is 0 Å². The van der Waals surface area contributed by atoms with Crippen molar-refractivity contribution in [1.29, 1.82) is 0 Å². The minimum atomic E-state index is -0.687. The fourth-order valence-electron chi connectivity index (χ4n) is 2.05. The van der Waals surface area contributed by atoms with Gasteiger partial charge in [0.25, 0.3) is 5.91 Å². The highest BCUT2D eigenvalue weighted by Gasteiger charge is 2.15. The third-order valence-electron chi connectivity index (χ3n) is 3.21. The standard InChI is InChI=1S/C16H14ClN5O2/c1-11(16(23)19-13-5-2-4-12(17)8-13)24-15-7-3-6-14(9-15)22-10-18-20-21-22/h2-11H,1H3,(H,19,23)/t11-/m1/s1. The zero-order valence-corrected chi connectivity index (χ0v) is 13.5. The SMILES string of the molecule is C[C@@H](Oc1cccc(-n2cnnn2)c1)C(=O)Nc1cccc(Cl)c1. The van der Waals surface area contributed by atoms with Crippen molar-refractivity contribution in [3.8, 4) is 11.4 Å². The van der Waals surface area contributed by atoms with Gasteiger partial charge in [0, 0.05) is 16.8 Å². The number of tetrazole rings is 1. The first kappa shape index (κ1) is 15.9. The molecule has 0 radical (unpaired) electrons. The lowest BCUT2D eigenvalue weighted by Gasteiger charge is -2.15. The fraction of sp³-hybridized carbons (Fsp3) is 0.125. The summed E-state index contributed by atoms with van der Waals surface area (Å²) in [5.41, 5.74) is 1.35. The van der Waals surface area contributed by atoms with Crippen LogP contribution in [-0.4, -0.2) is 32.2 Å². The Morgan fingerprint density at radius 2 is 2.08 bits per heavy atom. The number of amides is 1. The van der Waals surface area contributed by atoms with Gasteiger partial charge in [-0.3, -0.25) is 4.79 Å². The molecule has 3 rings (SSSR count). The van der Waals surface area contributed by atoms with E-state index in [-0.39, 0.29) is 5.91 Å². The number of anilines is 1. The highest BCUT2D eigenvalue weighted by Crippen LogP contribution is 2.19. The van der Waals surface area contributed by atoms with Crippen LogP contribution < -0.4 is 10.1 Å². The minimum Gasteiger partial charge on any atom is -0.481 e. The van der Waals surface area contributed by atoms with Crippen LogP contribution in [0.1, 0.15) is 6.92 Å². The Kier molecular flexibility index (Phi) is 4.72. The second-order valence-corrected chi connectivity index (χ2v) is 5.45. The van der Waals surface area contributed by atoms with Crippen molar-refractivity contribution < 1.29 is 9.53 Å². The highest BCUT2D eigenvalue weighted by molar-refractivity contribution is 6.30. The van der Waals surface area contributed by atoms with E-state index in [1.54, 1.807) is 49.4 Å². The lowest BCUT2D eigenvalue weighted by atomic mass is 10.2. The van der Waals surface area contributed by atoms with Gasteiger partial charge >= 0.3 is 0 Å². The zero-order chi connectivity index (χ0) is 16.9. The van der Waals surface area contributed by atoms with E-state index in [1.807, 2.05) is 6.07 Å². The number of nitrogens with one attached hydrogen (secondary N) is 1. The average molecular weight is 344 g/mol. The number of benzene rings is 2. The predicted molar refractivity (Wildman–Crippen MR) is 89.3 cm³/mol. The quantitative estimate of drug-likeness (QED) is 0.770. The van der Waals surface area contributed by atoms with Crippen molar-refractivity contribution in [2.75, 3.05) is 5.32 Å². The Morgan fingerprint density at radius 3 is 2.83 bits per heavy atom. The van der Waals surface area contributed by atoms with Crippen LogP contribution in [0.3, 0.4) is 0 Å². The summed E-state index contributed by atoms with van der Waals surface area (Å²) in [5.74, 6) is 0.266. The second-order valence-electron chi connectivity index (χ2n) is 5.01. The number of hydrogen-bond donors (Lipinski definition) is 1. The highest BCUT2D eigenvalue weighted by atomic mass is 35.5. The second kappa shape index (κ2) is 7.10. The van der Waals surface area contributed by atoms with E-state index in [4.69, 9.17) is 16.3 Å². The Morgan fingerprint density at radius 1 is 1.25 bits per heavy atom. The summed E-state index contributed by atoms with van der Waals surface area (Å²) in [6.07, 6.45) is 0.794. The number of rotatable bonds is 5. The first-order valence-electron chi connectivity index (χ1n) is 7.18. The molecule has 1 atom stereocenters. The van der Waals surface area contributed by atoms with Crippen LogP contribution in [0.25, 0.3) is 5.69 Å². The van der Waals surface area contributed by atoms with Crippen molar-refractivity contribution in [3.63, 3.8) is 0 Å². The Labute approximate surface area is 143 Å². The average Bonchev–Trinajstić information content (AvgIpc) is 3.09. The first-order chi connectivity index (χ1) is 11.6. The fourth-order valence-corrected chi connectivity index (χ4v) is 2.24. The van der Waals surface area contributed by atoms with Gasteiger partial charge in [0.1, 0.15) is 12.1 Å². The molecular weight excluding hydrogens is 330 g/mol. The molecule has 122 valence electrons. The van der Waals surface area contributed by atoms with Crippen LogP contribution in [0.4, 0.5) is 5.69 Å². The van der Waals surface area contributed by atoms with Crippen LogP contribution in [0.15, 0.2) is 54.9 Å². The molecule has 7 nitrogen and oxygen atoms in total. The van der Waals surface area contributed by atoms with Crippen LogP contribution in [0.2, 0.25) is 5.02 Å². The molecule has 0 saturated carbocycles. The van der Waals surface area contributed by atoms with E-state index in [9.17, 15) is 4.79 Å². The van der Waals surface area contributed by atoms with Crippen LogP contribution in [0.5, 0.6) is 5.75 Å². The molecule has 0 aliphatic heterocycles. The summed E-state index contributed by atoms with van der Waals surface area (Å²) in [4.78, 5) is 12.2. The van der Waals surface area contributed by atoms with Crippen LogP contribution in [-0.2, 0) is 4.79 Å². The van der Waals surface area contributed by atoms with E-state index in [0.29, 0.717) is 16.5 Å². The summed E-state index contributed by atoms with van der Waals surface area (Å²) in [6.45, 7) is 1.67. The number of nitrogens with zero attached hydrogens (tertiary/aromatic N) is 4. The van der Waals surface area contributed by atoms with Crippen molar-refractivity contribution >= 4 is 23.2 Å². The first-order valence-corrected chi connectivity index (χ1v) is 7.56. The largest absolute Gasteiger partial charge is 0.481 e. The third-order valence-corrected chi connectivity index (χ3v) is 3.44. The zero-order valence-electron chi connectivity index (χ0n) is 12.8. The molecule has 1 heterocycles. The van der Waals surface area contributed by atoms with Crippen LogP contribution >= 0.6 is 11.6 Å². The van der Waals surface area contributed by atoms with Crippen molar-refractivity contribution in [2.45, 2.75) is 13.0 Å². The topological polar surface area (TPSA) is 81.9 Å². The molecule has 0 saturated heterocycles. The van der Waals surface area contributed by atoms with E-state index in [1.165, 1.54) is 11.0 Å². The maximum atomic E-state index is 12.2. The summed E-state index contributed by atoms with van der Waals surface area (Å²) in [5, 5.41) is 14.3. The van der Waals surface area contributed by atoms with Gasteiger partial charge < -0.3 is 10.1 Å². The molecular formula is C16H14ClN5O2. The van der Waals surface area contributed by atoms with E-state index in [0.717, 1.165) is 5.69 Å². The van der Waals surface area contributed by atoms with Gasteiger partial charge in [-0.15, -0.1) is 5.10 Å². The molecule has 24 heavy (non-hydrogen) atoms. The summed E-state index contributed by atoms with van der Waals surface area (Å²) < 4.78 is 7.19.